The van der Waals surface area contributed by atoms with Crippen molar-refractivity contribution in [2.75, 3.05) is 0 Å². The highest BCUT2D eigenvalue weighted by atomic mass is 16.3. The van der Waals surface area contributed by atoms with E-state index in [0.29, 0.717) is 0 Å². The predicted octanol–water partition coefficient (Wildman–Crippen LogP) is 2.23. The van der Waals surface area contributed by atoms with E-state index in [9.17, 15) is 0 Å². The number of aromatic nitrogens is 1. The van der Waals surface area contributed by atoms with Crippen LogP contribution >= 0.6 is 0 Å². The monoisotopic (exact) mass is 202 g/mol. The summed E-state index contributed by atoms with van der Waals surface area (Å²) in [4.78, 5) is 4.32. The van der Waals surface area contributed by atoms with Crippen LogP contribution in [0.15, 0.2) is 41.3 Å². The Hall–Kier alpha value is -1.61. The van der Waals surface area contributed by atoms with E-state index in [1.807, 2.05) is 31.3 Å². The summed E-state index contributed by atoms with van der Waals surface area (Å²) >= 11 is 0. The SMILES string of the molecule is Cc1ccc(CC(N)c2ccoc2)nc1. The third-order valence-corrected chi connectivity index (χ3v) is 2.37. The van der Waals surface area contributed by atoms with Gasteiger partial charge in [0.2, 0.25) is 0 Å². The lowest BCUT2D eigenvalue weighted by atomic mass is 10.1. The molecule has 2 rings (SSSR count). The lowest BCUT2D eigenvalue weighted by Gasteiger charge is -2.08. The first-order valence-electron chi connectivity index (χ1n) is 4.95. The molecule has 0 aliphatic heterocycles. The predicted molar refractivity (Wildman–Crippen MR) is 58.3 cm³/mol. The van der Waals surface area contributed by atoms with Crippen molar-refractivity contribution in [3.8, 4) is 0 Å². The minimum atomic E-state index is -0.0426. The first-order chi connectivity index (χ1) is 7.25. The second kappa shape index (κ2) is 4.28. The van der Waals surface area contributed by atoms with Gasteiger partial charge in [0.05, 0.1) is 12.5 Å². The molecule has 0 fully saturated rings. The van der Waals surface area contributed by atoms with Crippen molar-refractivity contribution < 1.29 is 4.42 Å². The second-order valence-electron chi connectivity index (χ2n) is 3.69. The summed E-state index contributed by atoms with van der Waals surface area (Å²) in [7, 11) is 0. The Kier molecular flexibility index (Phi) is 2.83. The maximum Gasteiger partial charge on any atom is 0.0950 e. The number of aryl methyl sites for hydroxylation is 1. The van der Waals surface area contributed by atoms with Crippen LogP contribution in [0.25, 0.3) is 0 Å². The van der Waals surface area contributed by atoms with E-state index in [4.69, 9.17) is 10.2 Å². The molecule has 2 N–H and O–H groups in total. The molecular formula is C12H14N2O. The van der Waals surface area contributed by atoms with Gasteiger partial charge in [0.1, 0.15) is 0 Å². The van der Waals surface area contributed by atoms with Gasteiger partial charge in [0.25, 0.3) is 0 Å². The van der Waals surface area contributed by atoms with E-state index in [1.165, 1.54) is 0 Å². The topological polar surface area (TPSA) is 52.0 Å². The Bertz CT molecular complexity index is 406. The molecule has 3 nitrogen and oxygen atoms in total. The molecule has 0 spiro atoms. The summed E-state index contributed by atoms with van der Waals surface area (Å²) in [6.45, 7) is 2.02. The van der Waals surface area contributed by atoms with Gasteiger partial charge in [-0.3, -0.25) is 4.98 Å². The van der Waals surface area contributed by atoms with E-state index in [0.717, 1.165) is 23.2 Å². The van der Waals surface area contributed by atoms with Crippen LogP contribution in [0.5, 0.6) is 0 Å². The molecule has 3 heteroatoms. The van der Waals surface area contributed by atoms with Gasteiger partial charge >= 0.3 is 0 Å². The molecule has 0 bridgehead atoms. The molecule has 2 aromatic heterocycles. The van der Waals surface area contributed by atoms with Crippen molar-refractivity contribution in [3.63, 3.8) is 0 Å². The van der Waals surface area contributed by atoms with Gasteiger partial charge in [0.15, 0.2) is 0 Å². The molecule has 1 atom stereocenters. The number of furan rings is 1. The molecule has 2 aromatic rings. The fourth-order valence-corrected chi connectivity index (χ4v) is 1.45. The normalized spacial score (nSPS) is 12.7. The third-order valence-electron chi connectivity index (χ3n) is 2.37. The van der Waals surface area contributed by atoms with Crippen molar-refractivity contribution in [1.29, 1.82) is 0 Å². The molecule has 0 saturated heterocycles. The van der Waals surface area contributed by atoms with Crippen LogP contribution in [-0.4, -0.2) is 4.98 Å². The highest BCUT2D eigenvalue weighted by molar-refractivity contribution is 5.17. The highest BCUT2D eigenvalue weighted by Crippen LogP contribution is 2.15. The molecular weight excluding hydrogens is 188 g/mol. The average molecular weight is 202 g/mol. The number of hydrogen-bond donors (Lipinski definition) is 1. The number of nitrogens with two attached hydrogens (primary N) is 1. The lowest BCUT2D eigenvalue weighted by molar-refractivity contribution is 0.558. The Balaban J connectivity index is 2.06. The van der Waals surface area contributed by atoms with Gasteiger partial charge in [-0.1, -0.05) is 6.07 Å². The zero-order valence-electron chi connectivity index (χ0n) is 8.68. The Morgan fingerprint density at radius 1 is 1.40 bits per heavy atom. The summed E-state index contributed by atoms with van der Waals surface area (Å²) in [5.41, 5.74) is 9.19. The van der Waals surface area contributed by atoms with E-state index in [2.05, 4.69) is 4.98 Å². The average Bonchev–Trinajstić information content (AvgIpc) is 2.74. The maximum absolute atomic E-state index is 6.01. The van der Waals surface area contributed by atoms with Crippen molar-refractivity contribution in [2.24, 2.45) is 5.73 Å². The van der Waals surface area contributed by atoms with Crippen LogP contribution in [0.3, 0.4) is 0 Å². The van der Waals surface area contributed by atoms with E-state index in [-0.39, 0.29) is 6.04 Å². The summed E-state index contributed by atoms with van der Waals surface area (Å²) < 4.78 is 4.99. The summed E-state index contributed by atoms with van der Waals surface area (Å²) in [6, 6.07) is 5.90. The fraction of sp³-hybridized carbons (Fsp3) is 0.250. The largest absolute Gasteiger partial charge is 0.472 e. The van der Waals surface area contributed by atoms with Gasteiger partial charge in [0, 0.05) is 29.9 Å². The molecule has 0 saturated carbocycles. The standard InChI is InChI=1S/C12H14N2O/c1-9-2-3-11(14-7-9)6-12(13)10-4-5-15-8-10/h2-5,7-8,12H,6,13H2,1H3. The van der Waals surface area contributed by atoms with Gasteiger partial charge in [-0.2, -0.15) is 0 Å². The van der Waals surface area contributed by atoms with Crippen molar-refractivity contribution >= 4 is 0 Å². The van der Waals surface area contributed by atoms with Crippen LogP contribution in [0, 0.1) is 6.92 Å². The van der Waals surface area contributed by atoms with E-state index < -0.39 is 0 Å². The lowest BCUT2D eigenvalue weighted by Crippen LogP contribution is -2.13. The number of nitrogens with zero attached hydrogens (tertiary/aromatic N) is 1. The quantitative estimate of drug-likeness (QED) is 0.830. The Morgan fingerprint density at radius 2 is 2.27 bits per heavy atom. The van der Waals surface area contributed by atoms with Gasteiger partial charge in [-0.25, -0.2) is 0 Å². The minimum absolute atomic E-state index is 0.0426. The Labute approximate surface area is 88.9 Å². The van der Waals surface area contributed by atoms with Crippen molar-refractivity contribution in [1.82, 2.24) is 4.98 Å². The van der Waals surface area contributed by atoms with Crippen LogP contribution < -0.4 is 5.73 Å². The molecule has 1 unspecified atom stereocenters. The van der Waals surface area contributed by atoms with Crippen LogP contribution in [0.1, 0.15) is 22.9 Å². The fourth-order valence-electron chi connectivity index (χ4n) is 1.45. The van der Waals surface area contributed by atoms with Crippen LogP contribution in [0.4, 0.5) is 0 Å². The van der Waals surface area contributed by atoms with Gasteiger partial charge < -0.3 is 10.2 Å². The van der Waals surface area contributed by atoms with Crippen LogP contribution in [0.2, 0.25) is 0 Å². The van der Waals surface area contributed by atoms with E-state index >= 15 is 0 Å². The molecule has 0 aliphatic rings. The molecule has 0 aromatic carbocycles. The number of hydrogen-bond acceptors (Lipinski definition) is 3. The maximum atomic E-state index is 6.01. The first-order valence-corrected chi connectivity index (χ1v) is 4.95. The molecule has 2 heterocycles. The zero-order valence-corrected chi connectivity index (χ0v) is 8.68. The zero-order chi connectivity index (χ0) is 10.7. The van der Waals surface area contributed by atoms with Gasteiger partial charge in [-0.15, -0.1) is 0 Å². The molecule has 15 heavy (non-hydrogen) atoms. The van der Waals surface area contributed by atoms with Crippen molar-refractivity contribution in [2.45, 2.75) is 19.4 Å². The number of rotatable bonds is 3. The third kappa shape index (κ3) is 2.44. The highest BCUT2D eigenvalue weighted by Gasteiger charge is 2.08. The summed E-state index contributed by atoms with van der Waals surface area (Å²) in [6.07, 6.45) is 5.91. The summed E-state index contributed by atoms with van der Waals surface area (Å²) in [5, 5.41) is 0. The van der Waals surface area contributed by atoms with Crippen molar-refractivity contribution in [3.05, 3.63) is 53.7 Å². The van der Waals surface area contributed by atoms with Gasteiger partial charge in [-0.05, 0) is 24.6 Å². The smallest absolute Gasteiger partial charge is 0.0950 e. The number of pyridine rings is 1. The molecule has 0 aliphatic carbocycles. The first kappa shape index (κ1) is 9.93. The molecule has 0 amide bonds. The minimum Gasteiger partial charge on any atom is -0.472 e. The van der Waals surface area contributed by atoms with E-state index in [1.54, 1.807) is 12.5 Å². The van der Waals surface area contributed by atoms with Crippen LogP contribution in [-0.2, 0) is 6.42 Å². The molecule has 78 valence electrons. The molecule has 0 radical (unpaired) electrons. The summed E-state index contributed by atoms with van der Waals surface area (Å²) in [5.74, 6) is 0. The Morgan fingerprint density at radius 3 is 2.87 bits per heavy atom. The second-order valence-corrected chi connectivity index (χ2v) is 3.69.